The van der Waals surface area contributed by atoms with Gasteiger partial charge in [-0.3, -0.25) is 9.88 Å². The highest BCUT2D eigenvalue weighted by Crippen LogP contribution is 2.24. The molecular formula is C11H15ClN4S. The molecule has 0 atom stereocenters. The summed E-state index contributed by atoms with van der Waals surface area (Å²) in [6.45, 7) is 4.48. The predicted molar refractivity (Wildman–Crippen MR) is 74.7 cm³/mol. The van der Waals surface area contributed by atoms with Crippen molar-refractivity contribution in [1.29, 1.82) is 0 Å². The summed E-state index contributed by atoms with van der Waals surface area (Å²) in [4.78, 5) is 9.07. The molecule has 1 aliphatic rings. The third-order valence-corrected chi connectivity index (χ3v) is 3.26. The van der Waals surface area contributed by atoms with Crippen LogP contribution in [0, 0.1) is 0 Å². The van der Waals surface area contributed by atoms with Gasteiger partial charge in [0.2, 0.25) is 0 Å². The van der Waals surface area contributed by atoms with Crippen LogP contribution in [0.1, 0.15) is 0 Å². The fraction of sp³-hybridized carbons (Fsp3) is 0.455. The zero-order valence-corrected chi connectivity index (χ0v) is 11.0. The number of pyridine rings is 1. The highest BCUT2D eigenvalue weighted by atomic mass is 35.5. The van der Waals surface area contributed by atoms with Gasteiger partial charge in [-0.25, -0.2) is 0 Å². The van der Waals surface area contributed by atoms with Gasteiger partial charge in [-0.05, 0) is 6.07 Å². The summed E-state index contributed by atoms with van der Waals surface area (Å²) in [6, 6.07) is 1.95. The number of hydrogen-bond acceptors (Lipinski definition) is 4. The Labute approximate surface area is 111 Å². The number of anilines is 1. The third-order valence-electron chi connectivity index (χ3n) is 2.84. The second kappa shape index (κ2) is 5.62. The van der Waals surface area contributed by atoms with Crippen molar-refractivity contribution in [3.63, 3.8) is 0 Å². The topological polar surface area (TPSA) is 45.4 Å². The molecule has 2 heterocycles. The molecule has 1 aliphatic heterocycles. The van der Waals surface area contributed by atoms with Crippen molar-refractivity contribution >= 4 is 34.5 Å². The van der Waals surface area contributed by atoms with Crippen LogP contribution in [-0.2, 0) is 0 Å². The molecule has 0 amide bonds. The molecule has 0 bridgehead atoms. The standard InChI is InChI=1S/C11H15ClN4S/c12-9-7-14-2-1-10(9)16-5-3-15(4-6-16)8-11(13)17/h1-2,7H,3-6,8H2,(H2,13,17). The van der Waals surface area contributed by atoms with Crippen LogP contribution in [0.4, 0.5) is 5.69 Å². The smallest absolute Gasteiger partial charge is 0.0870 e. The predicted octanol–water partition coefficient (Wildman–Crippen LogP) is 1.14. The van der Waals surface area contributed by atoms with Crippen molar-refractivity contribution in [3.8, 4) is 0 Å². The number of aromatic nitrogens is 1. The van der Waals surface area contributed by atoms with Crippen LogP contribution in [0.2, 0.25) is 5.02 Å². The number of piperazine rings is 1. The normalized spacial score (nSPS) is 17.1. The van der Waals surface area contributed by atoms with Gasteiger partial charge in [0.25, 0.3) is 0 Å². The number of rotatable bonds is 3. The van der Waals surface area contributed by atoms with Crippen LogP contribution in [0.3, 0.4) is 0 Å². The minimum Gasteiger partial charge on any atom is -0.392 e. The molecule has 1 aromatic heterocycles. The third kappa shape index (κ3) is 3.28. The Balaban J connectivity index is 1.95. The fourth-order valence-electron chi connectivity index (χ4n) is 1.99. The molecule has 2 rings (SSSR count). The number of halogens is 1. The molecule has 2 N–H and O–H groups in total. The minimum atomic E-state index is 0.556. The van der Waals surface area contributed by atoms with E-state index in [9.17, 15) is 0 Å². The van der Waals surface area contributed by atoms with E-state index in [0.717, 1.165) is 31.9 Å². The first-order valence-electron chi connectivity index (χ1n) is 5.52. The molecular weight excluding hydrogens is 256 g/mol. The van der Waals surface area contributed by atoms with E-state index >= 15 is 0 Å². The summed E-state index contributed by atoms with van der Waals surface area (Å²) in [5, 5.41) is 0.704. The van der Waals surface area contributed by atoms with Gasteiger partial charge in [0, 0.05) is 45.1 Å². The maximum atomic E-state index is 6.12. The quantitative estimate of drug-likeness (QED) is 0.835. The van der Waals surface area contributed by atoms with Gasteiger partial charge in [0.15, 0.2) is 0 Å². The van der Waals surface area contributed by atoms with Crippen LogP contribution >= 0.6 is 23.8 Å². The lowest BCUT2D eigenvalue weighted by atomic mass is 10.2. The van der Waals surface area contributed by atoms with Gasteiger partial charge in [-0.15, -0.1) is 0 Å². The summed E-state index contributed by atoms with van der Waals surface area (Å²) in [6.07, 6.45) is 3.45. The zero-order chi connectivity index (χ0) is 12.3. The van der Waals surface area contributed by atoms with Crippen LogP contribution in [0.25, 0.3) is 0 Å². The Morgan fingerprint density at radius 1 is 1.41 bits per heavy atom. The highest BCUT2D eigenvalue weighted by molar-refractivity contribution is 7.80. The van der Waals surface area contributed by atoms with Gasteiger partial charge in [0.05, 0.1) is 15.7 Å². The summed E-state index contributed by atoms with van der Waals surface area (Å²) in [7, 11) is 0. The van der Waals surface area contributed by atoms with Crippen molar-refractivity contribution in [2.24, 2.45) is 5.73 Å². The molecule has 6 heteroatoms. The second-order valence-electron chi connectivity index (χ2n) is 4.06. The lowest BCUT2D eigenvalue weighted by molar-refractivity contribution is 0.292. The maximum absolute atomic E-state index is 6.12. The van der Waals surface area contributed by atoms with Crippen LogP contribution < -0.4 is 10.6 Å². The van der Waals surface area contributed by atoms with Crippen LogP contribution in [0.15, 0.2) is 18.5 Å². The minimum absolute atomic E-state index is 0.556. The summed E-state index contributed by atoms with van der Waals surface area (Å²) in [5.74, 6) is 0. The first-order chi connectivity index (χ1) is 8.16. The molecule has 0 aromatic carbocycles. The van der Waals surface area contributed by atoms with E-state index in [1.54, 1.807) is 12.4 Å². The molecule has 0 aliphatic carbocycles. The molecule has 0 saturated carbocycles. The Hall–Kier alpha value is -0.910. The molecule has 1 saturated heterocycles. The maximum Gasteiger partial charge on any atom is 0.0870 e. The number of nitrogens with zero attached hydrogens (tertiary/aromatic N) is 3. The largest absolute Gasteiger partial charge is 0.392 e. The van der Waals surface area contributed by atoms with Gasteiger partial charge in [-0.2, -0.15) is 0 Å². The Morgan fingerprint density at radius 2 is 2.12 bits per heavy atom. The lowest BCUT2D eigenvalue weighted by Crippen LogP contribution is -2.48. The Morgan fingerprint density at radius 3 is 2.71 bits per heavy atom. The van der Waals surface area contributed by atoms with Crippen LogP contribution in [-0.4, -0.2) is 47.6 Å². The van der Waals surface area contributed by atoms with E-state index in [-0.39, 0.29) is 0 Å². The van der Waals surface area contributed by atoms with Crippen molar-refractivity contribution in [2.45, 2.75) is 0 Å². The monoisotopic (exact) mass is 270 g/mol. The van der Waals surface area contributed by atoms with E-state index in [0.29, 0.717) is 16.6 Å². The average Bonchev–Trinajstić information content (AvgIpc) is 2.30. The Bertz CT molecular complexity index is 404. The molecule has 1 fully saturated rings. The van der Waals surface area contributed by atoms with E-state index in [1.807, 2.05) is 6.07 Å². The van der Waals surface area contributed by atoms with Crippen molar-refractivity contribution in [2.75, 3.05) is 37.6 Å². The van der Waals surface area contributed by atoms with E-state index < -0.39 is 0 Å². The first kappa shape index (κ1) is 12.5. The van der Waals surface area contributed by atoms with Crippen molar-refractivity contribution in [1.82, 2.24) is 9.88 Å². The van der Waals surface area contributed by atoms with E-state index in [4.69, 9.17) is 29.6 Å². The number of nitrogens with two attached hydrogens (primary N) is 1. The van der Waals surface area contributed by atoms with E-state index in [2.05, 4.69) is 14.8 Å². The zero-order valence-electron chi connectivity index (χ0n) is 9.47. The van der Waals surface area contributed by atoms with Gasteiger partial charge in [0.1, 0.15) is 0 Å². The van der Waals surface area contributed by atoms with Gasteiger partial charge >= 0.3 is 0 Å². The second-order valence-corrected chi connectivity index (χ2v) is 4.99. The molecule has 17 heavy (non-hydrogen) atoms. The lowest BCUT2D eigenvalue weighted by Gasteiger charge is -2.36. The van der Waals surface area contributed by atoms with Gasteiger partial charge in [-0.1, -0.05) is 23.8 Å². The van der Waals surface area contributed by atoms with E-state index in [1.165, 1.54) is 0 Å². The van der Waals surface area contributed by atoms with Crippen molar-refractivity contribution < 1.29 is 0 Å². The van der Waals surface area contributed by atoms with Crippen molar-refractivity contribution in [3.05, 3.63) is 23.5 Å². The Kier molecular flexibility index (Phi) is 4.15. The average molecular weight is 271 g/mol. The summed E-state index contributed by atoms with van der Waals surface area (Å²) in [5.41, 5.74) is 6.59. The molecule has 0 unspecified atom stereocenters. The number of hydrogen-bond donors (Lipinski definition) is 1. The fourth-order valence-corrected chi connectivity index (χ4v) is 2.41. The number of thiocarbonyl (C=S) groups is 1. The molecule has 4 nitrogen and oxygen atoms in total. The molecule has 0 radical (unpaired) electrons. The SMILES string of the molecule is NC(=S)CN1CCN(c2ccncc2Cl)CC1. The highest BCUT2D eigenvalue weighted by Gasteiger charge is 2.18. The molecule has 92 valence electrons. The summed E-state index contributed by atoms with van der Waals surface area (Å²) < 4.78 is 0. The summed E-state index contributed by atoms with van der Waals surface area (Å²) >= 11 is 11.0. The molecule has 1 aromatic rings. The van der Waals surface area contributed by atoms with Gasteiger partial charge < -0.3 is 10.6 Å². The van der Waals surface area contributed by atoms with Crippen LogP contribution in [0.5, 0.6) is 0 Å². The first-order valence-corrected chi connectivity index (χ1v) is 6.30. The molecule has 0 spiro atoms.